The zero-order chi connectivity index (χ0) is 13.7. The second-order valence-electron chi connectivity index (χ2n) is 5.25. The van der Waals surface area contributed by atoms with Crippen molar-refractivity contribution in [1.82, 2.24) is 10.1 Å². The van der Waals surface area contributed by atoms with E-state index in [4.69, 9.17) is 4.52 Å². The smallest absolute Gasteiger partial charge is 0.229 e. The molecule has 0 aliphatic rings. The second kappa shape index (κ2) is 6.48. The first-order chi connectivity index (χ1) is 9.13. The second-order valence-corrected chi connectivity index (χ2v) is 5.25. The first kappa shape index (κ1) is 13.7. The Hall–Kier alpha value is -1.68. The van der Waals surface area contributed by atoms with Crippen molar-refractivity contribution in [3.05, 3.63) is 47.6 Å². The number of hydrogen-bond donors (Lipinski definition) is 1. The summed E-state index contributed by atoms with van der Waals surface area (Å²) in [6.45, 7) is 4.16. The molecule has 2 aromatic rings. The highest BCUT2D eigenvalue weighted by Gasteiger charge is 2.13. The maximum absolute atomic E-state index is 9.84. The summed E-state index contributed by atoms with van der Waals surface area (Å²) in [7, 11) is 0. The molecular formula is C15H20N2O2. The molecule has 1 aromatic heterocycles. The van der Waals surface area contributed by atoms with Crippen molar-refractivity contribution in [2.45, 2.75) is 39.2 Å². The van der Waals surface area contributed by atoms with Crippen molar-refractivity contribution >= 4 is 0 Å². The topological polar surface area (TPSA) is 59.2 Å². The normalized spacial score (nSPS) is 12.8. The molecule has 2 rings (SSSR count). The standard InChI is InChI=1S/C15H20N2O2/c1-11(2)8-13(18)10-15-16-14(17-19-15)9-12-6-4-3-5-7-12/h3-7,11,13,18H,8-10H2,1-2H3. The Labute approximate surface area is 113 Å². The number of benzene rings is 1. The molecule has 102 valence electrons. The van der Waals surface area contributed by atoms with Gasteiger partial charge in [-0.2, -0.15) is 4.98 Å². The summed E-state index contributed by atoms with van der Waals surface area (Å²) < 4.78 is 5.17. The van der Waals surface area contributed by atoms with Gasteiger partial charge >= 0.3 is 0 Å². The lowest BCUT2D eigenvalue weighted by Gasteiger charge is -2.09. The van der Waals surface area contributed by atoms with E-state index in [-0.39, 0.29) is 0 Å². The van der Waals surface area contributed by atoms with E-state index in [1.54, 1.807) is 0 Å². The fourth-order valence-electron chi connectivity index (χ4n) is 2.05. The molecule has 0 spiro atoms. The van der Waals surface area contributed by atoms with Gasteiger partial charge in [-0.15, -0.1) is 0 Å². The average Bonchev–Trinajstić information content (AvgIpc) is 2.76. The molecule has 0 fully saturated rings. The summed E-state index contributed by atoms with van der Waals surface area (Å²) in [5.74, 6) is 1.64. The third-order valence-corrected chi connectivity index (χ3v) is 2.87. The quantitative estimate of drug-likeness (QED) is 0.867. The maximum atomic E-state index is 9.84. The minimum Gasteiger partial charge on any atom is -0.393 e. The van der Waals surface area contributed by atoms with E-state index in [0.29, 0.717) is 30.5 Å². The highest BCUT2D eigenvalue weighted by molar-refractivity contribution is 5.18. The summed E-state index contributed by atoms with van der Waals surface area (Å²) in [6.07, 6.45) is 1.42. The number of nitrogens with zero attached hydrogens (tertiary/aromatic N) is 2. The van der Waals surface area contributed by atoms with Crippen molar-refractivity contribution in [3.63, 3.8) is 0 Å². The largest absolute Gasteiger partial charge is 0.393 e. The Balaban J connectivity index is 1.92. The van der Waals surface area contributed by atoms with Crippen LogP contribution in [0.1, 0.15) is 37.5 Å². The molecule has 4 heteroatoms. The summed E-state index contributed by atoms with van der Waals surface area (Å²) >= 11 is 0. The third-order valence-electron chi connectivity index (χ3n) is 2.87. The van der Waals surface area contributed by atoms with Gasteiger partial charge in [0.2, 0.25) is 5.89 Å². The number of hydrogen-bond acceptors (Lipinski definition) is 4. The van der Waals surface area contributed by atoms with E-state index in [1.165, 1.54) is 0 Å². The van der Waals surface area contributed by atoms with E-state index in [9.17, 15) is 5.11 Å². The van der Waals surface area contributed by atoms with Crippen molar-refractivity contribution in [1.29, 1.82) is 0 Å². The summed E-state index contributed by atoms with van der Waals surface area (Å²) in [5, 5.41) is 13.8. The Kier molecular flexibility index (Phi) is 4.68. The highest BCUT2D eigenvalue weighted by atomic mass is 16.5. The Morgan fingerprint density at radius 2 is 1.95 bits per heavy atom. The molecule has 1 N–H and O–H groups in total. The van der Waals surface area contributed by atoms with Crippen LogP contribution in [0.4, 0.5) is 0 Å². The molecule has 1 unspecified atom stereocenters. The van der Waals surface area contributed by atoms with Gasteiger partial charge in [0.05, 0.1) is 12.5 Å². The molecule has 0 bridgehead atoms. The van der Waals surface area contributed by atoms with Crippen LogP contribution in [-0.2, 0) is 12.8 Å². The molecule has 0 saturated carbocycles. The molecular weight excluding hydrogens is 240 g/mol. The lowest BCUT2D eigenvalue weighted by molar-refractivity contribution is 0.138. The van der Waals surface area contributed by atoms with Gasteiger partial charge in [-0.1, -0.05) is 49.3 Å². The molecule has 0 saturated heterocycles. The summed E-state index contributed by atoms with van der Waals surface area (Å²) in [5.41, 5.74) is 1.15. The third kappa shape index (κ3) is 4.48. The Morgan fingerprint density at radius 3 is 2.63 bits per heavy atom. The van der Waals surface area contributed by atoms with E-state index in [2.05, 4.69) is 24.0 Å². The predicted octanol–water partition coefficient (Wildman–Crippen LogP) is 2.61. The van der Waals surface area contributed by atoms with E-state index < -0.39 is 6.10 Å². The zero-order valence-corrected chi connectivity index (χ0v) is 11.4. The molecule has 0 aliphatic heterocycles. The number of rotatable bonds is 6. The van der Waals surface area contributed by atoms with Gasteiger partial charge in [-0.3, -0.25) is 0 Å². The van der Waals surface area contributed by atoms with Crippen LogP contribution in [0, 0.1) is 5.92 Å². The van der Waals surface area contributed by atoms with Gasteiger partial charge < -0.3 is 9.63 Å². The zero-order valence-electron chi connectivity index (χ0n) is 11.4. The number of aliphatic hydroxyl groups excluding tert-OH is 1. The Bertz CT molecular complexity index is 494. The monoisotopic (exact) mass is 260 g/mol. The highest BCUT2D eigenvalue weighted by Crippen LogP contribution is 2.11. The van der Waals surface area contributed by atoms with Crippen molar-refractivity contribution in [2.75, 3.05) is 0 Å². The van der Waals surface area contributed by atoms with Crippen LogP contribution < -0.4 is 0 Å². The first-order valence-corrected chi connectivity index (χ1v) is 6.67. The minimum atomic E-state index is -0.412. The van der Waals surface area contributed by atoms with Gasteiger partial charge in [-0.25, -0.2) is 0 Å². The van der Waals surface area contributed by atoms with Crippen LogP contribution in [0.5, 0.6) is 0 Å². The van der Waals surface area contributed by atoms with E-state index in [0.717, 1.165) is 12.0 Å². The Morgan fingerprint density at radius 1 is 1.21 bits per heavy atom. The molecule has 1 atom stereocenters. The van der Waals surface area contributed by atoms with Crippen molar-refractivity contribution < 1.29 is 9.63 Å². The molecule has 1 heterocycles. The number of aromatic nitrogens is 2. The van der Waals surface area contributed by atoms with Crippen molar-refractivity contribution in [3.8, 4) is 0 Å². The minimum absolute atomic E-state index is 0.412. The molecule has 19 heavy (non-hydrogen) atoms. The van der Waals surface area contributed by atoms with Crippen LogP contribution in [0.25, 0.3) is 0 Å². The van der Waals surface area contributed by atoms with Crippen LogP contribution in [-0.4, -0.2) is 21.4 Å². The SMILES string of the molecule is CC(C)CC(O)Cc1nc(Cc2ccccc2)no1. The van der Waals surface area contributed by atoms with E-state index in [1.807, 2.05) is 30.3 Å². The van der Waals surface area contributed by atoms with E-state index >= 15 is 0 Å². The summed E-state index contributed by atoms with van der Waals surface area (Å²) in [6, 6.07) is 10.0. The average molecular weight is 260 g/mol. The first-order valence-electron chi connectivity index (χ1n) is 6.67. The van der Waals surface area contributed by atoms with Gasteiger partial charge in [0.15, 0.2) is 5.82 Å². The van der Waals surface area contributed by atoms with Gasteiger partial charge in [-0.05, 0) is 17.9 Å². The van der Waals surface area contributed by atoms with Gasteiger partial charge in [0.1, 0.15) is 0 Å². The van der Waals surface area contributed by atoms with Crippen molar-refractivity contribution in [2.24, 2.45) is 5.92 Å². The van der Waals surface area contributed by atoms with Crippen LogP contribution in [0.15, 0.2) is 34.9 Å². The molecule has 1 aromatic carbocycles. The fourth-order valence-corrected chi connectivity index (χ4v) is 2.05. The lowest BCUT2D eigenvalue weighted by atomic mass is 10.0. The lowest BCUT2D eigenvalue weighted by Crippen LogP contribution is -2.13. The molecule has 0 aliphatic carbocycles. The maximum Gasteiger partial charge on any atom is 0.229 e. The molecule has 0 radical (unpaired) electrons. The van der Waals surface area contributed by atoms with Gasteiger partial charge in [0.25, 0.3) is 0 Å². The molecule has 0 amide bonds. The van der Waals surface area contributed by atoms with Gasteiger partial charge in [0, 0.05) is 6.42 Å². The fraction of sp³-hybridized carbons (Fsp3) is 0.467. The van der Waals surface area contributed by atoms with Crippen LogP contribution in [0.3, 0.4) is 0 Å². The predicted molar refractivity (Wildman–Crippen MR) is 72.7 cm³/mol. The number of aliphatic hydroxyl groups is 1. The van der Waals surface area contributed by atoms with Crippen LogP contribution >= 0.6 is 0 Å². The molecule has 4 nitrogen and oxygen atoms in total. The summed E-state index contributed by atoms with van der Waals surface area (Å²) in [4.78, 5) is 4.32. The van der Waals surface area contributed by atoms with Crippen LogP contribution in [0.2, 0.25) is 0 Å².